The van der Waals surface area contributed by atoms with Crippen LogP contribution in [0.15, 0.2) is 18.3 Å². The fraction of sp³-hybridized carbons (Fsp3) is 0.417. The van der Waals surface area contributed by atoms with E-state index in [0.29, 0.717) is 25.9 Å². The number of aliphatic carboxylic acids is 1. The maximum Gasteiger partial charge on any atom is 0.306 e. The highest BCUT2D eigenvalue weighted by molar-refractivity contribution is 5.94. The van der Waals surface area contributed by atoms with Crippen molar-refractivity contribution in [2.45, 2.75) is 12.8 Å². The average Bonchev–Trinajstić information content (AvgIpc) is 2.38. The van der Waals surface area contributed by atoms with Gasteiger partial charge in [-0.25, -0.2) is 4.98 Å². The number of hydrogen-bond donors (Lipinski definition) is 1. The van der Waals surface area contributed by atoms with Gasteiger partial charge >= 0.3 is 5.97 Å². The van der Waals surface area contributed by atoms with Crippen LogP contribution in [-0.4, -0.2) is 40.0 Å². The van der Waals surface area contributed by atoms with Crippen LogP contribution in [0.25, 0.3) is 0 Å². The van der Waals surface area contributed by atoms with Crippen LogP contribution < -0.4 is 0 Å². The van der Waals surface area contributed by atoms with Gasteiger partial charge in [0.1, 0.15) is 0 Å². The summed E-state index contributed by atoms with van der Waals surface area (Å²) in [6, 6.07) is 2.88. The second kappa shape index (κ2) is 5.12. The first kappa shape index (κ1) is 12.5. The Kier molecular flexibility index (Phi) is 3.55. The standard InChI is InChI=1S/C12H13FN2O3/c13-10-9(2-1-5-14-10)11(16)15-6-3-8(4-7-15)12(17)18/h1-2,5,8H,3-4,6-7H2,(H,17,18). The molecule has 1 amide bonds. The van der Waals surface area contributed by atoms with E-state index in [0.717, 1.165) is 0 Å². The number of rotatable bonds is 2. The van der Waals surface area contributed by atoms with Gasteiger partial charge < -0.3 is 10.0 Å². The minimum absolute atomic E-state index is 0.0636. The summed E-state index contributed by atoms with van der Waals surface area (Å²) in [4.78, 5) is 27.7. The molecular formula is C12H13FN2O3. The van der Waals surface area contributed by atoms with E-state index in [9.17, 15) is 14.0 Å². The molecule has 1 aromatic heterocycles. The van der Waals surface area contributed by atoms with Gasteiger partial charge in [-0.15, -0.1) is 0 Å². The maximum atomic E-state index is 13.3. The lowest BCUT2D eigenvalue weighted by atomic mass is 9.97. The largest absolute Gasteiger partial charge is 0.481 e. The Morgan fingerprint density at radius 3 is 2.61 bits per heavy atom. The van der Waals surface area contributed by atoms with Crippen molar-refractivity contribution in [3.05, 3.63) is 29.8 Å². The van der Waals surface area contributed by atoms with Gasteiger partial charge in [-0.05, 0) is 25.0 Å². The van der Waals surface area contributed by atoms with Gasteiger partial charge in [0, 0.05) is 19.3 Å². The highest BCUT2D eigenvalue weighted by Crippen LogP contribution is 2.19. The Morgan fingerprint density at radius 1 is 1.39 bits per heavy atom. The topological polar surface area (TPSA) is 70.5 Å². The number of carbonyl (C=O) groups excluding carboxylic acids is 1. The van der Waals surface area contributed by atoms with Crippen molar-refractivity contribution in [3.63, 3.8) is 0 Å². The van der Waals surface area contributed by atoms with E-state index in [4.69, 9.17) is 5.11 Å². The van der Waals surface area contributed by atoms with Crippen LogP contribution in [0.2, 0.25) is 0 Å². The number of carbonyl (C=O) groups is 2. The van der Waals surface area contributed by atoms with E-state index in [1.807, 2.05) is 0 Å². The first-order chi connectivity index (χ1) is 8.59. The summed E-state index contributed by atoms with van der Waals surface area (Å²) in [6.07, 6.45) is 2.09. The molecule has 5 nitrogen and oxygen atoms in total. The zero-order valence-corrected chi connectivity index (χ0v) is 9.67. The van der Waals surface area contributed by atoms with Crippen molar-refractivity contribution in [1.82, 2.24) is 9.88 Å². The number of likely N-dealkylation sites (tertiary alicyclic amines) is 1. The van der Waals surface area contributed by atoms with Gasteiger partial charge in [0.15, 0.2) is 0 Å². The van der Waals surface area contributed by atoms with Crippen LogP contribution >= 0.6 is 0 Å². The van der Waals surface area contributed by atoms with Crippen LogP contribution in [0.3, 0.4) is 0 Å². The normalized spacial score (nSPS) is 16.6. The van der Waals surface area contributed by atoms with E-state index < -0.39 is 23.7 Å². The molecule has 1 aliphatic rings. The van der Waals surface area contributed by atoms with Crippen molar-refractivity contribution in [2.24, 2.45) is 5.92 Å². The van der Waals surface area contributed by atoms with E-state index in [1.54, 1.807) is 0 Å². The number of pyridine rings is 1. The molecule has 1 saturated heterocycles. The molecule has 0 unspecified atom stereocenters. The van der Waals surface area contributed by atoms with Gasteiger partial charge in [0.25, 0.3) is 5.91 Å². The molecule has 1 aliphatic heterocycles. The van der Waals surface area contributed by atoms with Gasteiger partial charge in [-0.1, -0.05) is 0 Å². The highest BCUT2D eigenvalue weighted by Gasteiger charge is 2.28. The van der Waals surface area contributed by atoms with Crippen LogP contribution in [-0.2, 0) is 4.79 Å². The lowest BCUT2D eigenvalue weighted by Gasteiger charge is -2.30. The number of carboxylic acid groups (broad SMARTS) is 1. The van der Waals surface area contributed by atoms with Crippen molar-refractivity contribution in [1.29, 1.82) is 0 Å². The summed E-state index contributed by atoms with van der Waals surface area (Å²) >= 11 is 0. The Labute approximate surface area is 103 Å². The zero-order valence-electron chi connectivity index (χ0n) is 9.67. The molecule has 0 saturated carbocycles. The maximum absolute atomic E-state index is 13.3. The fourth-order valence-corrected chi connectivity index (χ4v) is 2.05. The quantitative estimate of drug-likeness (QED) is 0.802. The Morgan fingerprint density at radius 2 is 2.06 bits per heavy atom. The van der Waals surface area contributed by atoms with Crippen LogP contribution in [0.1, 0.15) is 23.2 Å². The molecule has 0 atom stereocenters. The predicted octanol–water partition coefficient (Wildman–Crippen LogP) is 1.16. The zero-order chi connectivity index (χ0) is 13.1. The van der Waals surface area contributed by atoms with Crippen molar-refractivity contribution in [2.75, 3.05) is 13.1 Å². The van der Waals surface area contributed by atoms with Crippen molar-refractivity contribution in [3.8, 4) is 0 Å². The highest BCUT2D eigenvalue weighted by atomic mass is 19.1. The summed E-state index contributed by atoms with van der Waals surface area (Å²) in [5.74, 6) is -2.46. The van der Waals surface area contributed by atoms with Crippen LogP contribution in [0.5, 0.6) is 0 Å². The third-order valence-electron chi connectivity index (χ3n) is 3.12. The molecule has 18 heavy (non-hydrogen) atoms. The smallest absolute Gasteiger partial charge is 0.306 e. The molecule has 6 heteroatoms. The van der Waals surface area contributed by atoms with Gasteiger partial charge in [0.2, 0.25) is 5.95 Å². The first-order valence-electron chi connectivity index (χ1n) is 5.72. The van der Waals surface area contributed by atoms with E-state index in [2.05, 4.69) is 4.98 Å². The SMILES string of the molecule is O=C(O)C1CCN(C(=O)c2cccnc2F)CC1. The lowest BCUT2D eigenvalue weighted by Crippen LogP contribution is -2.40. The summed E-state index contributed by atoms with van der Waals surface area (Å²) in [6.45, 7) is 0.675. The Hall–Kier alpha value is -1.98. The molecular weight excluding hydrogens is 239 g/mol. The predicted molar refractivity (Wildman–Crippen MR) is 60.5 cm³/mol. The van der Waals surface area contributed by atoms with Crippen LogP contribution in [0, 0.1) is 11.9 Å². The lowest BCUT2D eigenvalue weighted by molar-refractivity contribution is -0.143. The molecule has 2 heterocycles. The number of halogens is 1. The third-order valence-corrected chi connectivity index (χ3v) is 3.12. The Balaban J connectivity index is 2.04. The molecule has 1 fully saturated rings. The van der Waals surface area contributed by atoms with Gasteiger partial charge in [-0.3, -0.25) is 9.59 Å². The van der Waals surface area contributed by atoms with Gasteiger partial charge in [-0.2, -0.15) is 4.39 Å². The van der Waals surface area contributed by atoms with E-state index >= 15 is 0 Å². The van der Waals surface area contributed by atoms with Gasteiger partial charge in [0.05, 0.1) is 11.5 Å². The fourth-order valence-electron chi connectivity index (χ4n) is 2.05. The average molecular weight is 252 g/mol. The molecule has 0 aliphatic carbocycles. The second-order valence-corrected chi connectivity index (χ2v) is 4.25. The summed E-state index contributed by atoms with van der Waals surface area (Å²) in [5, 5.41) is 8.85. The summed E-state index contributed by atoms with van der Waals surface area (Å²) in [5.41, 5.74) is -0.0636. The summed E-state index contributed by atoms with van der Waals surface area (Å²) < 4.78 is 13.3. The third kappa shape index (κ3) is 2.47. The molecule has 1 aromatic rings. The molecule has 0 bridgehead atoms. The minimum atomic E-state index is -0.838. The molecule has 0 radical (unpaired) electrons. The molecule has 0 spiro atoms. The van der Waals surface area contributed by atoms with E-state index in [1.165, 1.54) is 23.2 Å². The molecule has 2 rings (SSSR count). The van der Waals surface area contributed by atoms with Crippen molar-refractivity contribution < 1.29 is 19.1 Å². The van der Waals surface area contributed by atoms with E-state index in [-0.39, 0.29) is 5.56 Å². The Bertz CT molecular complexity index is 470. The number of piperidine rings is 1. The number of carboxylic acids is 1. The molecule has 0 aromatic carbocycles. The number of hydrogen-bond acceptors (Lipinski definition) is 3. The van der Waals surface area contributed by atoms with Crippen molar-refractivity contribution >= 4 is 11.9 Å². The second-order valence-electron chi connectivity index (χ2n) is 4.25. The first-order valence-corrected chi connectivity index (χ1v) is 5.72. The molecule has 1 N–H and O–H groups in total. The summed E-state index contributed by atoms with van der Waals surface area (Å²) in [7, 11) is 0. The number of nitrogens with zero attached hydrogens (tertiary/aromatic N) is 2. The monoisotopic (exact) mass is 252 g/mol. The minimum Gasteiger partial charge on any atom is -0.481 e. The number of amides is 1. The number of aromatic nitrogens is 1. The molecule has 96 valence electrons. The van der Waals surface area contributed by atoms with Crippen LogP contribution in [0.4, 0.5) is 4.39 Å².